The van der Waals surface area contributed by atoms with Crippen LogP contribution in [0.25, 0.3) is 0 Å². The molecule has 35 heavy (non-hydrogen) atoms. The molecule has 0 saturated carbocycles. The lowest BCUT2D eigenvalue weighted by atomic mass is 9.95. The summed E-state index contributed by atoms with van der Waals surface area (Å²) in [6.07, 6.45) is 2.36. The molecule has 3 aromatic carbocycles. The number of sulfonamides is 1. The van der Waals surface area contributed by atoms with E-state index in [9.17, 15) is 13.2 Å². The minimum Gasteiger partial charge on any atom is -0.348 e. The Bertz CT molecular complexity index is 1480. The highest BCUT2D eigenvalue weighted by molar-refractivity contribution is 7.92. The highest BCUT2D eigenvalue weighted by atomic mass is 32.2. The fourth-order valence-corrected chi connectivity index (χ4v) is 5.55. The van der Waals surface area contributed by atoms with Crippen molar-refractivity contribution in [1.82, 2.24) is 14.9 Å². The van der Waals surface area contributed by atoms with Crippen molar-refractivity contribution < 1.29 is 13.2 Å². The molecule has 1 aliphatic heterocycles. The molecule has 4 aromatic rings. The van der Waals surface area contributed by atoms with E-state index in [4.69, 9.17) is 0 Å². The van der Waals surface area contributed by atoms with Gasteiger partial charge in [-0.15, -0.1) is 0 Å². The zero-order valence-corrected chi connectivity index (χ0v) is 20.3. The number of anilines is 1. The number of amides is 1. The van der Waals surface area contributed by atoms with Crippen molar-refractivity contribution in [3.8, 4) is 0 Å². The second-order valence-electron chi connectivity index (χ2n) is 8.76. The Morgan fingerprint density at radius 2 is 1.74 bits per heavy atom. The van der Waals surface area contributed by atoms with Gasteiger partial charge in [-0.2, -0.15) is 0 Å². The van der Waals surface area contributed by atoms with Crippen molar-refractivity contribution in [2.75, 3.05) is 11.3 Å². The van der Waals surface area contributed by atoms with Gasteiger partial charge in [0.1, 0.15) is 6.04 Å². The lowest BCUT2D eigenvalue weighted by molar-refractivity contribution is 0.0690. The van der Waals surface area contributed by atoms with Crippen LogP contribution in [0.5, 0.6) is 0 Å². The van der Waals surface area contributed by atoms with E-state index in [0.29, 0.717) is 24.2 Å². The van der Waals surface area contributed by atoms with E-state index in [1.54, 1.807) is 48.8 Å². The van der Waals surface area contributed by atoms with Crippen LogP contribution >= 0.6 is 0 Å². The molecular formula is C27H26N4O3S. The van der Waals surface area contributed by atoms with E-state index in [2.05, 4.69) is 14.7 Å². The van der Waals surface area contributed by atoms with E-state index >= 15 is 0 Å². The Hall–Kier alpha value is -3.91. The van der Waals surface area contributed by atoms with Gasteiger partial charge in [-0.1, -0.05) is 36.4 Å². The van der Waals surface area contributed by atoms with E-state index in [-0.39, 0.29) is 16.8 Å². The average Bonchev–Trinajstić information content (AvgIpc) is 3.34. The first-order chi connectivity index (χ1) is 16.8. The van der Waals surface area contributed by atoms with E-state index in [0.717, 1.165) is 28.1 Å². The maximum Gasteiger partial charge on any atom is 0.261 e. The molecule has 1 aliphatic rings. The Morgan fingerprint density at radius 3 is 2.46 bits per heavy atom. The minimum absolute atomic E-state index is 0.129. The van der Waals surface area contributed by atoms with Crippen LogP contribution in [0.15, 0.2) is 84.0 Å². The van der Waals surface area contributed by atoms with Crippen LogP contribution in [-0.2, 0) is 16.4 Å². The largest absolute Gasteiger partial charge is 0.348 e. The van der Waals surface area contributed by atoms with Crippen LogP contribution in [0.2, 0.25) is 0 Å². The fraction of sp³-hybridized carbons (Fsp3) is 0.185. The zero-order chi connectivity index (χ0) is 24.6. The Balaban J connectivity index is 1.39. The SMILES string of the molecule is Cc1ccc(S(=O)(=O)Nc2ccc(C(=O)N3CCc4[nH]cnc4C3c3ccccc3)cc2)cc1C. The maximum atomic E-state index is 13.6. The van der Waals surface area contributed by atoms with Gasteiger partial charge in [0.2, 0.25) is 0 Å². The van der Waals surface area contributed by atoms with Crippen molar-refractivity contribution in [3.05, 3.63) is 113 Å². The Morgan fingerprint density at radius 1 is 1.00 bits per heavy atom. The molecule has 2 heterocycles. The molecule has 0 aliphatic carbocycles. The molecule has 0 spiro atoms. The average molecular weight is 487 g/mol. The lowest BCUT2D eigenvalue weighted by Crippen LogP contribution is -2.40. The van der Waals surface area contributed by atoms with Gasteiger partial charge in [-0.05, 0) is 66.9 Å². The molecule has 1 unspecified atom stereocenters. The van der Waals surface area contributed by atoms with Gasteiger partial charge >= 0.3 is 0 Å². The van der Waals surface area contributed by atoms with E-state index < -0.39 is 10.0 Å². The molecule has 0 bridgehead atoms. The number of imidazole rings is 1. The van der Waals surface area contributed by atoms with Crippen molar-refractivity contribution in [1.29, 1.82) is 0 Å². The number of H-pyrrole nitrogens is 1. The summed E-state index contributed by atoms with van der Waals surface area (Å²) in [5, 5.41) is 0. The number of fused-ring (bicyclic) bond motifs is 1. The van der Waals surface area contributed by atoms with E-state index in [1.165, 1.54) is 0 Å². The predicted molar refractivity (Wildman–Crippen MR) is 135 cm³/mol. The first-order valence-corrected chi connectivity index (χ1v) is 12.9. The van der Waals surface area contributed by atoms with Crippen LogP contribution < -0.4 is 4.72 Å². The van der Waals surface area contributed by atoms with Gasteiger partial charge in [0.15, 0.2) is 0 Å². The van der Waals surface area contributed by atoms with Crippen LogP contribution in [0.4, 0.5) is 5.69 Å². The summed E-state index contributed by atoms with van der Waals surface area (Å²) < 4.78 is 28.3. The standard InChI is InChI=1S/C27H26N4O3S/c1-18-8-13-23(16-19(18)2)35(33,34)30-22-11-9-21(10-12-22)27(32)31-15-14-24-25(29-17-28-24)26(31)20-6-4-3-5-7-20/h3-13,16-17,26,30H,14-15H2,1-2H3,(H,28,29). The smallest absolute Gasteiger partial charge is 0.261 e. The van der Waals surface area contributed by atoms with Crippen molar-refractivity contribution >= 4 is 21.6 Å². The Kier molecular flexibility index (Phi) is 5.90. The number of nitrogens with zero attached hydrogens (tertiary/aromatic N) is 2. The van der Waals surface area contributed by atoms with Crippen LogP contribution in [0, 0.1) is 13.8 Å². The molecule has 5 rings (SSSR count). The molecule has 1 aromatic heterocycles. The summed E-state index contributed by atoms with van der Waals surface area (Å²) in [5.41, 5.74) is 5.70. The first-order valence-electron chi connectivity index (χ1n) is 11.4. The van der Waals surface area contributed by atoms with E-state index in [1.807, 2.05) is 49.1 Å². The summed E-state index contributed by atoms with van der Waals surface area (Å²) in [7, 11) is -3.74. The van der Waals surface area contributed by atoms with Gasteiger partial charge in [0.05, 0.1) is 16.9 Å². The van der Waals surface area contributed by atoms with Crippen LogP contribution in [0.3, 0.4) is 0 Å². The fourth-order valence-electron chi connectivity index (χ4n) is 4.41. The molecular weight excluding hydrogens is 460 g/mol. The summed E-state index contributed by atoms with van der Waals surface area (Å²) in [6.45, 7) is 4.37. The molecule has 0 saturated heterocycles. The van der Waals surface area contributed by atoms with Crippen molar-refractivity contribution in [2.45, 2.75) is 31.2 Å². The number of aryl methyl sites for hydroxylation is 2. The number of benzene rings is 3. The van der Waals surface area contributed by atoms with Crippen molar-refractivity contribution in [3.63, 3.8) is 0 Å². The van der Waals surface area contributed by atoms with Crippen LogP contribution in [-0.4, -0.2) is 35.7 Å². The summed E-state index contributed by atoms with van der Waals surface area (Å²) in [6, 6.07) is 21.1. The zero-order valence-electron chi connectivity index (χ0n) is 19.5. The van der Waals surface area contributed by atoms with Crippen LogP contribution in [0.1, 0.15) is 44.5 Å². The summed E-state index contributed by atoms with van der Waals surface area (Å²) >= 11 is 0. The van der Waals surface area contributed by atoms with Gasteiger partial charge < -0.3 is 9.88 Å². The van der Waals surface area contributed by atoms with Gasteiger partial charge in [-0.25, -0.2) is 13.4 Å². The second kappa shape index (κ2) is 9.03. The normalized spacial score (nSPS) is 15.5. The van der Waals surface area contributed by atoms with Gasteiger partial charge in [-0.3, -0.25) is 9.52 Å². The molecule has 7 nitrogen and oxygen atoms in total. The third-order valence-corrected chi connectivity index (χ3v) is 7.85. The molecule has 1 amide bonds. The summed E-state index contributed by atoms with van der Waals surface area (Å²) in [5.74, 6) is -0.129. The van der Waals surface area contributed by atoms with Crippen molar-refractivity contribution in [2.24, 2.45) is 0 Å². The number of carbonyl (C=O) groups excluding carboxylic acids is 1. The number of aromatic nitrogens is 2. The highest BCUT2D eigenvalue weighted by Gasteiger charge is 2.34. The van der Waals surface area contributed by atoms with Gasteiger partial charge in [0.25, 0.3) is 15.9 Å². The molecule has 2 N–H and O–H groups in total. The quantitative estimate of drug-likeness (QED) is 0.431. The highest BCUT2D eigenvalue weighted by Crippen LogP contribution is 2.34. The lowest BCUT2D eigenvalue weighted by Gasteiger charge is -2.35. The number of aromatic amines is 1. The molecule has 0 fully saturated rings. The monoisotopic (exact) mass is 486 g/mol. The Labute approximate surface area is 204 Å². The summed E-state index contributed by atoms with van der Waals surface area (Å²) in [4.78, 5) is 23.3. The van der Waals surface area contributed by atoms with Gasteiger partial charge in [0, 0.05) is 29.9 Å². The third kappa shape index (κ3) is 4.44. The third-order valence-electron chi connectivity index (χ3n) is 6.47. The number of hydrogen-bond donors (Lipinski definition) is 2. The first kappa shape index (κ1) is 22.9. The molecule has 0 radical (unpaired) electrons. The second-order valence-corrected chi connectivity index (χ2v) is 10.4. The number of nitrogens with one attached hydrogen (secondary N) is 2. The number of hydrogen-bond acceptors (Lipinski definition) is 4. The molecule has 178 valence electrons. The predicted octanol–water partition coefficient (Wildman–Crippen LogP) is 4.62. The number of carbonyl (C=O) groups is 1. The topological polar surface area (TPSA) is 95.2 Å². The molecule has 8 heteroatoms. The minimum atomic E-state index is -3.74. The maximum absolute atomic E-state index is 13.6. The number of rotatable bonds is 5. The molecule has 1 atom stereocenters.